The van der Waals surface area contributed by atoms with Crippen LogP contribution in [0.15, 0.2) is 30.3 Å². The predicted molar refractivity (Wildman–Crippen MR) is 45.9 cm³/mol. The van der Waals surface area contributed by atoms with Crippen LogP contribution in [0.3, 0.4) is 0 Å². The van der Waals surface area contributed by atoms with Gasteiger partial charge in [0.25, 0.3) is 0 Å². The number of nitrogens with two attached hydrogens (primary N) is 1. The highest BCUT2D eigenvalue weighted by Gasteiger charge is 2.43. The molecule has 0 radical (unpaired) electrons. The second-order valence-corrected chi connectivity index (χ2v) is 2.77. The smallest absolute Gasteiger partial charge is 0.429 e. The van der Waals surface area contributed by atoms with Gasteiger partial charge in [-0.05, 0) is 0 Å². The molecule has 1 aromatic carbocycles. The Labute approximate surface area is 83.6 Å². The summed E-state index contributed by atoms with van der Waals surface area (Å²) in [6.45, 7) is 0. The van der Waals surface area contributed by atoms with E-state index in [4.69, 9.17) is 0 Å². The standard InChI is InChI=1S/C9H8F3NO2/c10-9(11,12)7(15-8(13)14)6-4-2-1-3-5-6/h1-5,7H,(H2,13,14). The Balaban J connectivity index is 2.97. The third kappa shape index (κ3) is 3.16. The molecule has 0 aliphatic rings. The van der Waals surface area contributed by atoms with Gasteiger partial charge in [0.2, 0.25) is 6.10 Å². The van der Waals surface area contributed by atoms with Crippen LogP contribution in [0.4, 0.5) is 18.0 Å². The summed E-state index contributed by atoms with van der Waals surface area (Å²) in [5.41, 5.74) is 4.40. The van der Waals surface area contributed by atoms with E-state index in [0.29, 0.717) is 0 Å². The molecular formula is C9H8F3NO2. The lowest BCUT2D eigenvalue weighted by Gasteiger charge is -2.19. The van der Waals surface area contributed by atoms with Gasteiger partial charge in [-0.25, -0.2) is 4.79 Å². The molecule has 3 nitrogen and oxygen atoms in total. The number of benzene rings is 1. The number of hydrogen-bond acceptors (Lipinski definition) is 2. The topological polar surface area (TPSA) is 52.3 Å². The van der Waals surface area contributed by atoms with Crippen molar-refractivity contribution in [2.45, 2.75) is 12.3 Å². The largest absolute Gasteiger partial charge is 0.432 e. The van der Waals surface area contributed by atoms with Crippen LogP contribution in [-0.2, 0) is 4.74 Å². The SMILES string of the molecule is NC(=O)OC(c1ccccc1)C(F)(F)F. The normalized spacial score (nSPS) is 13.3. The molecule has 0 aliphatic carbocycles. The maximum absolute atomic E-state index is 12.4. The number of alkyl halides is 3. The summed E-state index contributed by atoms with van der Waals surface area (Å²) in [6, 6.07) is 6.81. The van der Waals surface area contributed by atoms with Crippen LogP contribution >= 0.6 is 0 Å². The van der Waals surface area contributed by atoms with E-state index in [1.54, 1.807) is 6.07 Å². The van der Waals surface area contributed by atoms with Gasteiger partial charge in [0.1, 0.15) is 0 Å². The summed E-state index contributed by atoms with van der Waals surface area (Å²) >= 11 is 0. The number of halogens is 3. The van der Waals surface area contributed by atoms with Crippen LogP contribution in [0.25, 0.3) is 0 Å². The molecule has 0 heterocycles. The lowest BCUT2D eigenvalue weighted by atomic mass is 10.1. The minimum atomic E-state index is -4.67. The predicted octanol–water partition coefficient (Wildman–Crippen LogP) is 2.39. The van der Waals surface area contributed by atoms with Gasteiger partial charge in [0, 0.05) is 5.56 Å². The molecule has 0 saturated heterocycles. The maximum Gasteiger partial charge on any atom is 0.429 e. The molecule has 0 aliphatic heterocycles. The molecule has 0 aromatic heterocycles. The Hall–Kier alpha value is -1.72. The summed E-state index contributed by atoms with van der Waals surface area (Å²) in [5.74, 6) is 0. The zero-order chi connectivity index (χ0) is 11.5. The minimum Gasteiger partial charge on any atom is -0.432 e. The monoisotopic (exact) mass is 219 g/mol. The molecule has 82 valence electrons. The number of primary amides is 1. The van der Waals surface area contributed by atoms with E-state index in [2.05, 4.69) is 10.5 Å². The van der Waals surface area contributed by atoms with Crippen molar-refractivity contribution >= 4 is 6.09 Å². The molecule has 0 fully saturated rings. The molecule has 1 amide bonds. The van der Waals surface area contributed by atoms with E-state index in [-0.39, 0.29) is 5.56 Å². The molecule has 0 bridgehead atoms. The van der Waals surface area contributed by atoms with E-state index in [1.807, 2.05) is 0 Å². The summed E-state index contributed by atoms with van der Waals surface area (Å²) in [7, 11) is 0. The van der Waals surface area contributed by atoms with Crippen LogP contribution < -0.4 is 5.73 Å². The number of rotatable bonds is 2. The molecule has 0 saturated carbocycles. The first-order chi connectivity index (χ1) is 6.91. The summed E-state index contributed by atoms with van der Waals surface area (Å²) < 4.78 is 41.3. The Bertz CT molecular complexity index is 337. The van der Waals surface area contributed by atoms with Crippen LogP contribution in [0, 0.1) is 0 Å². The van der Waals surface area contributed by atoms with Crippen molar-refractivity contribution in [3.8, 4) is 0 Å². The van der Waals surface area contributed by atoms with Gasteiger partial charge in [-0.1, -0.05) is 30.3 Å². The third-order valence-electron chi connectivity index (χ3n) is 1.63. The van der Waals surface area contributed by atoms with Crippen LogP contribution in [-0.4, -0.2) is 12.3 Å². The van der Waals surface area contributed by atoms with E-state index in [1.165, 1.54) is 24.3 Å². The fraction of sp³-hybridized carbons (Fsp3) is 0.222. The van der Waals surface area contributed by atoms with E-state index < -0.39 is 18.4 Å². The molecule has 1 aromatic rings. The van der Waals surface area contributed by atoms with Crippen molar-refractivity contribution in [2.24, 2.45) is 5.73 Å². The number of amides is 1. The van der Waals surface area contributed by atoms with Gasteiger partial charge in [0.05, 0.1) is 0 Å². The fourth-order valence-electron chi connectivity index (χ4n) is 1.07. The molecule has 2 N–H and O–H groups in total. The molecule has 1 atom stereocenters. The second-order valence-electron chi connectivity index (χ2n) is 2.77. The Morgan fingerprint density at radius 3 is 2.20 bits per heavy atom. The fourth-order valence-corrected chi connectivity index (χ4v) is 1.07. The van der Waals surface area contributed by atoms with Gasteiger partial charge >= 0.3 is 12.3 Å². The second kappa shape index (κ2) is 4.20. The van der Waals surface area contributed by atoms with Crippen LogP contribution in [0.5, 0.6) is 0 Å². The quantitative estimate of drug-likeness (QED) is 0.830. The average molecular weight is 219 g/mol. The Morgan fingerprint density at radius 2 is 1.80 bits per heavy atom. The van der Waals surface area contributed by atoms with Gasteiger partial charge in [-0.2, -0.15) is 13.2 Å². The molecular weight excluding hydrogens is 211 g/mol. The third-order valence-corrected chi connectivity index (χ3v) is 1.63. The molecule has 1 unspecified atom stereocenters. The zero-order valence-electron chi connectivity index (χ0n) is 7.49. The lowest BCUT2D eigenvalue weighted by molar-refractivity contribution is -0.205. The first-order valence-corrected chi connectivity index (χ1v) is 3.99. The minimum absolute atomic E-state index is 0.163. The molecule has 1 rings (SSSR count). The number of carbonyl (C=O) groups excluding carboxylic acids is 1. The van der Waals surface area contributed by atoms with Crippen LogP contribution in [0.2, 0.25) is 0 Å². The van der Waals surface area contributed by atoms with E-state index in [0.717, 1.165) is 0 Å². The van der Waals surface area contributed by atoms with E-state index in [9.17, 15) is 18.0 Å². The summed E-state index contributed by atoms with van der Waals surface area (Å²) in [4.78, 5) is 10.3. The van der Waals surface area contributed by atoms with Gasteiger partial charge in [-0.15, -0.1) is 0 Å². The first kappa shape index (κ1) is 11.4. The number of carbonyl (C=O) groups is 1. The zero-order valence-corrected chi connectivity index (χ0v) is 7.49. The summed E-state index contributed by atoms with van der Waals surface area (Å²) in [5, 5.41) is 0. The van der Waals surface area contributed by atoms with Crippen molar-refractivity contribution in [2.75, 3.05) is 0 Å². The van der Waals surface area contributed by atoms with Gasteiger partial charge in [0.15, 0.2) is 0 Å². The summed E-state index contributed by atoms with van der Waals surface area (Å²) in [6.07, 6.45) is -8.44. The average Bonchev–Trinajstić information content (AvgIpc) is 2.14. The van der Waals surface area contributed by atoms with Gasteiger partial charge < -0.3 is 10.5 Å². The number of hydrogen-bond donors (Lipinski definition) is 1. The van der Waals surface area contributed by atoms with E-state index >= 15 is 0 Å². The lowest BCUT2D eigenvalue weighted by Crippen LogP contribution is -2.28. The van der Waals surface area contributed by atoms with Crippen molar-refractivity contribution in [1.29, 1.82) is 0 Å². The Morgan fingerprint density at radius 1 is 1.27 bits per heavy atom. The van der Waals surface area contributed by atoms with Crippen LogP contribution in [0.1, 0.15) is 11.7 Å². The van der Waals surface area contributed by atoms with Gasteiger partial charge in [-0.3, -0.25) is 0 Å². The van der Waals surface area contributed by atoms with Crippen molar-refractivity contribution < 1.29 is 22.7 Å². The first-order valence-electron chi connectivity index (χ1n) is 3.99. The Kier molecular flexibility index (Phi) is 3.18. The highest BCUT2D eigenvalue weighted by Crippen LogP contribution is 2.35. The molecule has 6 heteroatoms. The van der Waals surface area contributed by atoms with Crippen molar-refractivity contribution in [3.63, 3.8) is 0 Å². The molecule has 15 heavy (non-hydrogen) atoms. The molecule has 0 spiro atoms. The van der Waals surface area contributed by atoms with Crippen molar-refractivity contribution in [3.05, 3.63) is 35.9 Å². The van der Waals surface area contributed by atoms with Crippen molar-refractivity contribution in [1.82, 2.24) is 0 Å². The maximum atomic E-state index is 12.4. The highest BCUT2D eigenvalue weighted by atomic mass is 19.4. The number of ether oxygens (including phenoxy) is 1. The highest BCUT2D eigenvalue weighted by molar-refractivity contribution is 5.65.